The maximum Gasteiger partial charge on any atom is 0.253 e. The first-order valence-corrected chi connectivity index (χ1v) is 6.85. The fourth-order valence-electron chi connectivity index (χ4n) is 1.69. The quantitative estimate of drug-likeness (QED) is 0.838. The maximum atomic E-state index is 11.9. The number of anilines is 1. The summed E-state index contributed by atoms with van der Waals surface area (Å²) >= 11 is 0. The Labute approximate surface area is 120 Å². The number of benzene rings is 2. The lowest BCUT2D eigenvalue weighted by atomic mass is 10.1. The highest BCUT2D eigenvalue weighted by Gasteiger charge is 2.07. The Kier molecular flexibility index (Phi) is 6.30. The Hall–Kier alpha value is -2.29. The zero-order chi connectivity index (χ0) is 15.0. The maximum absolute atomic E-state index is 11.9. The van der Waals surface area contributed by atoms with Gasteiger partial charge in [-0.05, 0) is 24.6 Å². The largest absolute Gasteiger partial charge is 0.398 e. The van der Waals surface area contributed by atoms with Gasteiger partial charge in [0.2, 0.25) is 0 Å². The molecule has 0 bridgehead atoms. The van der Waals surface area contributed by atoms with Crippen LogP contribution >= 0.6 is 0 Å². The van der Waals surface area contributed by atoms with E-state index in [9.17, 15) is 4.79 Å². The molecule has 20 heavy (non-hydrogen) atoms. The van der Waals surface area contributed by atoms with E-state index < -0.39 is 0 Å². The van der Waals surface area contributed by atoms with Crippen LogP contribution in [0.25, 0.3) is 0 Å². The molecule has 0 unspecified atom stereocenters. The number of rotatable bonds is 3. The van der Waals surface area contributed by atoms with Crippen LogP contribution in [0.1, 0.15) is 35.3 Å². The summed E-state index contributed by atoms with van der Waals surface area (Å²) in [5.41, 5.74) is 9.05. The van der Waals surface area contributed by atoms with E-state index in [-0.39, 0.29) is 5.91 Å². The van der Waals surface area contributed by atoms with Crippen LogP contribution in [0.15, 0.2) is 48.5 Å². The summed E-state index contributed by atoms with van der Waals surface area (Å²) in [5, 5.41) is 2.86. The lowest BCUT2D eigenvalue weighted by Gasteiger charge is -2.07. The van der Waals surface area contributed by atoms with Crippen LogP contribution in [0, 0.1) is 6.92 Å². The predicted molar refractivity (Wildman–Crippen MR) is 84.6 cm³/mol. The van der Waals surface area contributed by atoms with Crippen molar-refractivity contribution in [1.82, 2.24) is 5.32 Å². The van der Waals surface area contributed by atoms with E-state index in [4.69, 9.17) is 5.73 Å². The minimum atomic E-state index is -0.145. The van der Waals surface area contributed by atoms with Gasteiger partial charge in [-0.1, -0.05) is 55.8 Å². The van der Waals surface area contributed by atoms with Crippen LogP contribution in [-0.2, 0) is 6.54 Å². The molecule has 0 aliphatic rings. The molecule has 2 aromatic rings. The van der Waals surface area contributed by atoms with Gasteiger partial charge in [-0.3, -0.25) is 4.79 Å². The minimum Gasteiger partial charge on any atom is -0.398 e. The van der Waals surface area contributed by atoms with E-state index in [0.717, 1.165) is 5.56 Å². The number of hydrogen-bond acceptors (Lipinski definition) is 2. The summed E-state index contributed by atoms with van der Waals surface area (Å²) in [6.45, 7) is 6.54. The first-order chi connectivity index (χ1) is 9.66. The molecule has 3 heteroatoms. The molecule has 0 heterocycles. The zero-order valence-electron chi connectivity index (χ0n) is 12.3. The highest BCUT2D eigenvalue weighted by atomic mass is 16.1. The second-order valence-electron chi connectivity index (χ2n) is 4.26. The Morgan fingerprint density at radius 3 is 2.25 bits per heavy atom. The molecule has 0 fully saturated rings. The topological polar surface area (TPSA) is 55.1 Å². The molecule has 0 aromatic heterocycles. The van der Waals surface area contributed by atoms with Crippen LogP contribution in [0.2, 0.25) is 0 Å². The molecular formula is C17H22N2O. The molecule has 0 aliphatic heterocycles. The molecule has 0 atom stereocenters. The van der Waals surface area contributed by atoms with Crippen molar-refractivity contribution in [3.05, 3.63) is 65.2 Å². The van der Waals surface area contributed by atoms with Gasteiger partial charge in [0.25, 0.3) is 5.91 Å². The molecule has 0 aliphatic carbocycles. The highest BCUT2D eigenvalue weighted by molar-refractivity contribution is 5.98. The summed E-state index contributed by atoms with van der Waals surface area (Å²) < 4.78 is 0. The fourth-order valence-corrected chi connectivity index (χ4v) is 1.69. The lowest BCUT2D eigenvalue weighted by Crippen LogP contribution is -2.23. The number of hydrogen-bond donors (Lipinski definition) is 2. The van der Waals surface area contributed by atoms with Crippen molar-refractivity contribution in [2.24, 2.45) is 0 Å². The average Bonchev–Trinajstić information content (AvgIpc) is 2.49. The number of nitrogens with one attached hydrogen (secondary N) is 1. The van der Waals surface area contributed by atoms with E-state index >= 15 is 0 Å². The molecule has 0 radical (unpaired) electrons. The van der Waals surface area contributed by atoms with E-state index in [0.29, 0.717) is 17.8 Å². The van der Waals surface area contributed by atoms with Gasteiger partial charge < -0.3 is 11.1 Å². The number of nitrogen functional groups attached to an aromatic ring is 1. The molecule has 3 nitrogen and oxygen atoms in total. The summed E-state index contributed by atoms with van der Waals surface area (Å²) in [4.78, 5) is 11.9. The van der Waals surface area contributed by atoms with E-state index in [1.54, 1.807) is 18.2 Å². The van der Waals surface area contributed by atoms with Gasteiger partial charge in [-0.25, -0.2) is 0 Å². The number of para-hydroxylation sites is 1. The van der Waals surface area contributed by atoms with Crippen molar-refractivity contribution >= 4 is 11.6 Å². The third-order valence-electron chi connectivity index (χ3n) is 2.78. The normalized spacial score (nSPS) is 9.35. The molecule has 0 saturated carbocycles. The number of carbonyl (C=O) groups excluding carboxylic acids is 1. The average molecular weight is 270 g/mol. The highest BCUT2D eigenvalue weighted by Crippen LogP contribution is 2.10. The zero-order valence-corrected chi connectivity index (χ0v) is 12.3. The Morgan fingerprint density at radius 1 is 1.05 bits per heavy atom. The van der Waals surface area contributed by atoms with Gasteiger partial charge in [0.15, 0.2) is 0 Å². The van der Waals surface area contributed by atoms with Crippen LogP contribution in [0.4, 0.5) is 5.69 Å². The van der Waals surface area contributed by atoms with Gasteiger partial charge in [-0.15, -0.1) is 0 Å². The summed E-state index contributed by atoms with van der Waals surface area (Å²) in [6.07, 6.45) is 0. The molecule has 2 aromatic carbocycles. The van der Waals surface area contributed by atoms with Crippen molar-refractivity contribution in [1.29, 1.82) is 0 Å². The van der Waals surface area contributed by atoms with Gasteiger partial charge in [0.1, 0.15) is 0 Å². The Bertz CT molecular complexity index is 547. The Balaban J connectivity index is 0.000000956. The Morgan fingerprint density at radius 2 is 1.65 bits per heavy atom. The molecule has 1 amide bonds. The molecule has 3 N–H and O–H groups in total. The SMILES string of the molecule is CC.Cc1ccc(CNC(=O)c2ccccc2N)cc1. The van der Waals surface area contributed by atoms with E-state index in [1.165, 1.54) is 5.56 Å². The third kappa shape index (κ3) is 4.43. The van der Waals surface area contributed by atoms with Crippen molar-refractivity contribution in [3.63, 3.8) is 0 Å². The van der Waals surface area contributed by atoms with Crippen molar-refractivity contribution in [2.45, 2.75) is 27.3 Å². The number of aryl methyl sites for hydroxylation is 1. The molecule has 2 rings (SSSR count). The summed E-state index contributed by atoms with van der Waals surface area (Å²) in [6, 6.07) is 15.1. The van der Waals surface area contributed by atoms with E-state index in [1.807, 2.05) is 51.1 Å². The first kappa shape index (κ1) is 15.8. The third-order valence-corrected chi connectivity index (χ3v) is 2.78. The van der Waals surface area contributed by atoms with Gasteiger partial charge in [0.05, 0.1) is 5.56 Å². The van der Waals surface area contributed by atoms with Crippen molar-refractivity contribution < 1.29 is 4.79 Å². The van der Waals surface area contributed by atoms with Crippen LogP contribution in [0.5, 0.6) is 0 Å². The summed E-state index contributed by atoms with van der Waals surface area (Å²) in [5.74, 6) is -0.145. The number of amides is 1. The van der Waals surface area contributed by atoms with Gasteiger partial charge in [-0.2, -0.15) is 0 Å². The van der Waals surface area contributed by atoms with Crippen LogP contribution < -0.4 is 11.1 Å². The molecular weight excluding hydrogens is 248 g/mol. The minimum absolute atomic E-state index is 0.145. The second kappa shape index (κ2) is 8.00. The van der Waals surface area contributed by atoms with Crippen molar-refractivity contribution in [3.8, 4) is 0 Å². The van der Waals surface area contributed by atoms with Crippen LogP contribution in [-0.4, -0.2) is 5.91 Å². The van der Waals surface area contributed by atoms with Crippen LogP contribution in [0.3, 0.4) is 0 Å². The lowest BCUT2D eigenvalue weighted by molar-refractivity contribution is 0.0952. The standard InChI is InChI=1S/C15H16N2O.C2H6/c1-11-6-8-12(9-7-11)10-17-15(18)13-4-2-3-5-14(13)16;1-2/h2-9H,10,16H2,1H3,(H,17,18);1-2H3. The second-order valence-corrected chi connectivity index (χ2v) is 4.26. The first-order valence-electron chi connectivity index (χ1n) is 6.85. The number of carbonyl (C=O) groups is 1. The predicted octanol–water partition coefficient (Wildman–Crippen LogP) is 3.53. The number of nitrogens with two attached hydrogens (primary N) is 1. The molecule has 106 valence electrons. The van der Waals surface area contributed by atoms with E-state index in [2.05, 4.69) is 5.32 Å². The molecule has 0 spiro atoms. The monoisotopic (exact) mass is 270 g/mol. The summed E-state index contributed by atoms with van der Waals surface area (Å²) in [7, 11) is 0. The smallest absolute Gasteiger partial charge is 0.253 e. The molecule has 0 saturated heterocycles. The van der Waals surface area contributed by atoms with Crippen molar-refractivity contribution in [2.75, 3.05) is 5.73 Å². The van der Waals surface area contributed by atoms with Gasteiger partial charge >= 0.3 is 0 Å². The fraction of sp³-hybridized carbons (Fsp3) is 0.235. The van der Waals surface area contributed by atoms with Gasteiger partial charge in [0, 0.05) is 12.2 Å².